The predicted octanol–water partition coefficient (Wildman–Crippen LogP) is 3.54. The third kappa shape index (κ3) is 2.87. The second kappa shape index (κ2) is 5.19. The van der Waals surface area contributed by atoms with Gasteiger partial charge in [-0.3, -0.25) is 0 Å². The van der Waals surface area contributed by atoms with Crippen molar-refractivity contribution >= 4 is 0 Å². The molecule has 0 bridgehead atoms. The van der Waals surface area contributed by atoms with Gasteiger partial charge >= 0.3 is 0 Å². The van der Waals surface area contributed by atoms with E-state index in [1.165, 1.54) is 5.56 Å². The van der Waals surface area contributed by atoms with Crippen molar-refractivity contribution in [1.29, 1.82) is 0 Å². The second-order valence-corrected chi connectivity index (χ2v) is 4.48. The number of nitrogens with zero attached hydrogens (tertiary/aromatic N) is 1. The fourth-order valence-electron chi connectivity index (χ4n) is 1.73. The van der Waals surface area contributed by atoms with Crippen molar-refractivity contribution in [2.45, 2.75) is 26.9 Å². The lowest BCUT2D eigenvalue weighted by molar-refractivity contribution is 0.198. The standard InChI is InChI=1S/C15H17NO2/c1-10-4-6-14(11(2)8-10)18-15-7-5-13(9-16-15)12(3)17/h4-9,12,17H,1-3H3. The fraction of sp³-hybridized carbons (Fsp3) is 0.267. The molecule has 0 radical (unpaired) electrons. The summed E-state index contributed by atoms with van der Waals surface area (Å²) in [4.78, 5) is 4.18. The van der Waals surface area contributed by atoms with Gasteiger partial charge in [0.1, 0.15) is 5.75 Å². The smallest absolute Gasteiger partial charge is 0.219 e. The summed E-state index contributed by atoms with van der Waals surface area (Å²) in [6, 6.07) is 9.60. The molecule has 1 aromatic heterocycles. The summed E-state index contributed by atoms with van der Waals surface area (Å²) < 4.78 is 5.71. The van der Waals surface area contributed by atoms with Crippen molar-refractivity contribution in [1.82, 2.24) is 4.98 Å². The molecule has 0 aliphatic heterocycles. The Morgan fingerprint density at radius 3 is 2.50 bits per heavy atom. The van der Waals surface area contributed by atoms with Crippen molar-refractivity contribution in [3.8, 4) is 11.6 Å². The highest BCUT2D eigenvalue weighted by atomic mass is 16.5. The van der Waals surface area contributed by atoms with E-state index in [1.54, 1.807) is 19.2 Å². The number of aliphatic hydroxyl groups is 1. The van der Waals surface area contributed by atoms with Gasteiger partial charge in [0.2, 0.25) is 5.88 Å². The first-order valence-electron chi connectivity index (χ1n) is 5.95. The first kappa shape index (κ1) is 12.6. The van der Waals surface area contributed by atoms with E-state index in [9.17, 15) is 5.11 Å². The maximum Gasteiger partial charge on any atom is 0.219 e. The average molecular weight is 243 g/mol. The minimum Gasteiger partial charge on any atom is -0.439 e. The maximum absolute atomic E-state index is 9.40. The van der Waals surface area contributed by atoms with Crippen LogP contribution in [0.1, 0.15) is 29.7 Å². The largest absolute Gasteiger partial charge is 0.439 e. The quantitative estimate of drug-likeness (QED) is 0.896. The number of benzene rings is 1. The average Bonchev–Trinajstić information content (AvgIpc) is 2.33. The van der Waals surface area contributed by atoms with Gasteiger partial charge in [0, 0.05) is 12.3 Å². The Hall–Kier alpha value is -1.87. The summed E-state index contributed by atoms with van der Waals surface area (Å²) in [6.07, 6.45) is 1.12. The van der Waals surface area contributed by atoms with E-state index in [0.717, 1.165) is 16.9 Å². The number of aliphatic hydroxyl groups excluding tert-OH is 1. The SMILES string of the molecule is Cc1ccc(Oc2ccc(C(C)O)cn2)c(C)c1. The molecule has 0 saturated carbocycles. The zero-order valence-electron chi connectivity index (χ0n) is 10.8. The lowest BCUT2D eigenvalue weighted by Gasteiger charge is -2.09. The Kier molecular flexibility index (Phi) is 3.63. The Balaban J connectivity index is 2.18. The molecule has 94 valence electrons. The van der Waals surface area contributed by atoms with E-state index < -0.39 is 6.10 Å². The summed E-state index contributed by atoms with van der Waals surface area (Å²) in [6.45, 7) is 5.76. The Labute approximate surface area is 107 Å². The van der Waals surface area contributed by atoms with Gasteiger partial charge in [-0.2, -0.15) is 0 Å². The number of ether oxygens (including phenoxy) is 1. The van der Waals surface area contributed by atoms with Crippen molar-refractivity contribution in [3.05, 3.63) is 53.2 Å². The molecule has 2 rings (SSSR count). The molecule has 0 fully saturated rings. The van der Waals surface area contributed by atoms with Crippen LogP contribution in [0.25, 0.3) is 0 Å². The van der Waals surface area contributed by atoms with E-state index in [0.29, 0.717) is 5.88 Å². The molecule has 1 unspecified atom stereocenters. The molecule has 18 heavy (non-hydrogen) atoms. The van der Waals surface area contributed by atoms with Gasteiger partial charge in [0.15, 0.2) is 0 Å². The van der Waals surface area contributed by atoms with Crippen molar-refractivity contribution in [2.75, 3.05) is 0 Å². The third-order valence-corrected chi connectivity index (χ3v) is 2.79. The number of hydrogen-bond acceptors (Lipinski definition) is 3. The number of aryl methyl sites for hydroxylation is 2. The lowest BCUT2D eigenvalue weighted by atomic mass is 10.1. The highest BCUT2D eigenvalue weighted by molar-refractivity contribution is 5.38. The second-order valence-electron chi connectivity index (χ2n) is 4.48. The molecule has 0 spiro atoms. The molecule has 3 heteroatoms. The Morgan fingerprint density at radius 2 is 1.94 bits per heavy atom. The van der Waals surface area contributed by atoms with E-state index in [-0.39, 0.29) is 0 Å². The van der Waals surface area contributed by atoms with Gasteiger partial charge in [0.25, 0.3) is 0 Å². The third-order valence-electron chi connectivity index (χ3n) is 2.79. The molecular weight excluding hydrogens is 226 g/mol. The lowest BCUT2D eigenvalue weighted by Crippen LogP contribution is -1.94. The molecule has 0 amide bonds. The van der Waals surface area contributed by atoms with Crippen LogP contribution in [0, 0.1) is 13.8 Å². The van der Waals surface area contributed by atoms with Crippen LogP contribution in [0.5, 0.6) is 11.6 Å². The van der Waals surface area contributed by atoms with Crippen LogP contribution in [0.3, 0.4) is 0 Å². The van der Waals surface area contributed by atoms with E-state index in [1.807, 2.05) is 32.0 Å². The first-order chi connectivity index (χ1) is 8.56. The molecule has 1 N–H and O–H groups in total. The monoisotopic (exact) mass is 243 g/mol. The van der Waals surface area contributed by atoms with Crippen molar-refractivity contribution < 1.29 is 9.84 Å². The van der Waals surface area contributed by atoms with Crippen LogP contribution in [0.15, 0.2) is 36.5 Å². The topological polar surface area (TPSA) is 42.4 Å². The minimum absolute atomic E-state index is 0.507. The fourth-order valence-corrected chi connectivity index (χ4v) is 1.73. The van der Waals surface area contributed by atoms with Gasteiger partial charge < -0.3 is 9.84 Å². The zero-order chi connectivity index (χ0) is 13.1. The molecule has 1 heterocycles. The predicted molar refractivity (Wildman–Crippen MR) is 70.9 cm³/mol. The molecule has 1 atom stereocenters. The normalized spacial score (nSPS) is 12.2. The van der Waals surface area contributed by atoms with Gasteiger partial charge in [-0.15, -0.1) is 0 Å². The van der Waals surface area contributed by atoms with Crippen molar-refractivity contribution in [3.63, 3.8) is 0 Å². The molecule has 0 saturated heterocycles. The summed E-state index contributed by atoms with van der Waals surface area (Å²) in [5.74, 6) is 1.34. The van der Waals surface area contributed by atoms with Gasteiger partial charge in [-0.05, 0) is 44.0 Å². The highest BCUT2D eigenvalue weighted by Gasteiger charge is 2.04. The van der Waals surface area contributed by atoms with Crippen LogP contribution in [0.4, 0.5) is 0 Å². The van der Waals surface area contributed by atoms with Gasteiger partial charge in [-0.25, -0.2) is 4.98 Å². The van der Waals surface area contributed by atoms with Crippen LogP contribution < -0.4 is 4.74 Å². The van der Waals surface area contributed by atoms with Crippen LogP contribution in [0.2, 0.25) is 0 Å². The maximum atomic E-state index is 9.40. The summed E-state index contributed by atoms with van der Waals surface area (Å²) in [7, 11) is 0. The summed E-state index contributed by atoms with van der Waals surface area (Å²) >= 11 is 0. The Morgan fingerprint density at radius 1 is 1.17 bits per heavy atom. The first-order valence-corrected chi connectivity index (χ1v) is 5.95. The molecule has 0 aliphatic rings. The summed E-state index contributed by atoms with van der Waals surface area (Å²) in [5, 5.41) is 9.40. The number of aromatic nitrogens is 1. The van der Waals surface area contributed by atoms with Gasteiger partial charge in [0.05, 0.1) is 6.10 Å². The van der Waals surface area contributed by atoms with E-state index >= 15 is 0 Å². The van der Waals surface area contributed by atoms with E-state index in [2.05, 4.69) is 11.1 Å². The summed E-state index contributed by atoms with van der Waals surface area (Å²) in [5.41, 5.74) is 3.07. The Bertz CT molecular complexity index is 533. The number of pyridine rings is 1. The van der Waals surface area contributed by atoms with E-state index in [4.69, 9.17) is 4.74 Å². The molecule has 2 aromatic rings. The molecular formula is C15H17NO2. The van der Waals surface area contributed by atoms with Crippen molar-refractivity contribution in [2.24, 2.45) is 0 Å². The molecule has 0 aliphatic carbocycles. The molecule has 1 aromatic carbocycles. The van der Waals surface area contributed by atoms with Crippen LogP contribution in [-0.4, -0.2) is 10.1 Å². The molecule has 3 nitrogen and oxygen atoms in total. The van der Waals surface area contributed by atoms with Gasteiger partial charge in [-0.1, -0.05) is 17.7 Å². The van der Waals surface area contributed by atoms with Crippen LogP contribution in [-0.2, 0) is 0 Å². The zero-order valence-corrected chi connectivity index (χ0v) is 10.8. The minimum atomic E-state index is -0.507. The highest BCUT2D eigenvalue weighted by Crippen LogP contribution is 2.24. The number of hydrogen-bond donors (Lipinski definition) is 1. The van der Waals surface area contributed by atoms with Crippen LogP contribution >= 0.6 is 0 Å². The number of rotatable bonds is 3.